The summed E-state index contributed by atoms with van der Waals surface area (Å²) in [7, 11) is 0. The van der Waals surface area contributed by atoms with Gasteiger partial charge in [0.25, 0.3) is 0 Å². The van der Waals surface area contributed by atoms with Gasteiger partial charge >= 0.3 is 0 Å². The number of amides is 1. The third kappa shape index (κ3) is 11.6. The Balaban J connectivity index is 0.549. The number of nitrogens with one attached hydrogen (secondary N) is 2. The number of pyridine rings is 1. The first-order valence-corrected chi connectivity index (χ1v) is 24.4. The fourth-order valence-corrected chi connectivity index (χ4v) is 9.17. The van der Waals surface area contributed by atoms with Gasteiger partial charge in [-0.1, -0.05) is 18.2 Å². The van der Waals surface area contributed by atoms with Gasteiger partial charge in [0.15, 0.2) is 11.4 Å². The zero-order valence-corrected chi connectivity index (χ0v) is 39.8. The van der Waals surface area contributed by atoms with E-state index in [2.05, 4.69) is 68.2 Å². The van der Waals surface area contributed by atoms with Gasteiger partial charge in [0.1, 0.15) is 23.5 Å². The van der Waals surface area contributed by atoms with Crippen molar-refractivity contribution in [2.24, 2.45) is 0 Å². The second-order valence-electron chi connectivity index (χ2n) is 17.8. The Morgan fingerprint density at radius 1 is 0.704 bits per heavy atom. The molecule has 3 aliphatic heterocycles. The summed E-state index contributed by atoms with van der Waals surface area (Å²) in [5.74, 6) is 1.84. The number of aromatic amines is 1. The predicted octanol–water partition coefficient (Wildman–Crippen LogP) is 3.56. The van der Waals surface area contributed by atoms with Gasteiger partial charge in [0.2, 0.25) is 17.8 Å². The zero-order chi connectivity index (χ0) is 48.4. The Bertz CT molecular complexity index is 2940. The number of aromatic nitrogens is 10. The van der Waals surface area contributed by atoms with Crippen molar-refractivity contribution < 1.29 is 28.5 Å². The van der Waals surface area contributed by atoms with Gasteiger partial charge in [0, 0.05) is 119 Å². The van der Waals surface area contributed by atoms with Crippen molar-refractivity contribution in [3.05, 3.63) is 101 Å². The Hall–Kier alpha value is -7.04. The standard InChI is InChI=1S/C50H59N15O6/c51-46-44-45(38-25-36-5-10-53-47(36)54-27-38)61-65(48(44)59-33-58-46)31-34-3-4-37-32-64(11-7-35(37)24-34)43(67)8-17-69-19-21-71-23-22-70-20-18-68-16-1-2-42(66)40-29-55-49(56-30-40)62-12-14-63(15-13-62)50-57-28-39-26-52-9-6-41(39)60-50/h3-5,10,24-25,27-30,33,52H,1-2,6-9,11-23,26,31-32H2,(H,53,54)(H2,51,58,59). The van der Waals surface area contributed by atoms with E-state index >= 15 is 0 Å². The van der Waals surface area contributed by atoms with Crippen molar-refractivity contribution in [3.8, 4) is 11.3 Å². The molecule has 0 saturated carbocycles. The summed E-state index contributed by atoms with van der Waals surface area (Å²) in [6.07, 6.45) is 13.2. The molecule has 7 aromatic rings. The van der Waals surface area contributed by atoms with E-state index in [1.807, 2.05) is 34.1 Å². The minimum atomic E-state index is -0.00561. The van der Waals surface area contributed by atoms with Crippen LogP contribution in [-0.2, 0) is 56.2 Å². The number of fused-ring (bicyclic) bond motifs is 4. The number of hydrogen-bond donors (Lipinski definition) is 3. The van der Waals surface area contributed by atoms with E-state index in [0.717, 1.165) is 91.5 Å². The summed E-state index contributed by atoms with van der Waals surface area (Å²) in [5, 5.41) is 9.98. The molecule has 21 nitrogen and oxygen atoms in total. The maximum Gasteiger partial charge on any atom is 0.225 e. The highest BCUT2D eigenvalue weighted by Gasteiger charge is 2.25. The monoisotopic (exact) mass is 965 g/mol. The zero-order valence-electron chi connectivity index (χ0n) is 39.8. The molecule has 370 valence electrons. The predicted molar refractivity (Wildman–Crippen MR) is 265 cm³/mol. The van der Waals surface area contributed by atoms with Crippen molar-refractivity contribution >= 4 is 51.5 Å². The molecule has 1 amide bonds. The van der Waals surface area contributed by atoms with Crippen LogP contribution in [0.4, 0.5) is 17.7 Å². The normalized spacial score (nSPS) is 14.8. The number of rotatable bonds is 22. The molecule has 4 N–H and O–H groups in total. The van der Waals surface area contributed by atoms with Crippen LogP contribution < -0.4 is 20.9 Å². The summed E-state index contributed by atoms with van der Waals surface area (Å²) in [6, 6.07) is 10.4. The minimum Gasteiger partial charge on any atom is -0.383 e. The van der Waals surface area contributed by atoms with Crippen molar-refractivity contribution in [1.82, 2.24) is 59.9 Å². The SMILES string of the molecule is Nc1ncnc2c1c(-c1cnc3[nH]ccc3c1)nn2Cc1ccc2c(c1)CCN(C(=O)CCOCCOCCOCCOCCCC(=O)c1cnc(N3CCN(c4ncc5c(n4)CCNC5)CC3)nc1)C2. The van der Waals surface area contributed by atoms with E-state index in [-0.39, 0.29) is 11.7 Å². The van der Waals surface area contributed by atoms with Crippen LogP contribution in [0.5, 0.6) is 0 Å². The van der Waals surface area contributed by atoms with Gasteiger partial charge in [0.05, 0.1) is 75.9 Å². The summed E-state index contributed by atoms with van der Waals surface area (Å²) in [4.78, 5) is 67.0. The first-order chi connectivity index (χ1) is 34.9. The summed E-state index contributed by atoms with van der Waals surface area (Å²) in [6.45, 7) is 9.85. The smallest absolute Gasteiger partial charge is 0.225 e. The van der Waals surface area contributed by atoms with Crippen molar-refractivity contribution in [3.63, 3.8) is 0 Å². The number of ketones is 1. The first-order valence-electron chi connectivity index (χ1n) is 24.4. The molecule has 1 saturated heterocycles. The number of H-pyrrole nitrogens is 1. The van der Waals surface area contributed by atoms with Crippen LogP contribution in [0.3, 0.4) is 0 Å². The maximum atomic E-state index is 13.1. The molecule has 1 fully saturated rings. The fourth-order valence-electron chi connectivity index (χ4n) is 9.17. The van der Waals surface area contributed by atoms with E-state index in [0.29, 0.717) is 126 Å². The topological polar surface area (TPSA) is 243 Å². The minimum absolute atomic E-state index is 0.00561. The molecule has 1 aromatic carbocycles. The molecule has 21 heteroatoms. The van der Waals surface area contributed by atoms with Gasteiger partial charge in [-0.25, -0.2) is 39.6 Å². The van der Waals surface area contributed by atoms with E-state index in [9.17, 15) is 9.59 Å². The maximum absolute atomic E-state index is 13.1. The number of hydrogen-bond acceptors (Lipinski definition) is 18. The lowest BCUT2D eigenvalue weighted by atomic mass is 9.97. The number of Topliss-reactive ketones (excluding diaryl/α,β-unsaturated/α-hetero) is 1. The number of anilines is 3. The molecule has 0 spiro atoms. The van der Waals surface area contributed by atoms with Gasteiger partial charge < -0.3 is 49.7 Å². The van der Waals surface area contributed by atoms with Crippen molar-refractivity contribution in [2.75, 3.05) is 108 Å². The highest BCUT2D eigenvalue weighted by atomic mass is 16.6. The Morgan fingerprint density at radius 3 is 2.25 bits per heavy atom. The van der Waals surface area contributed by atoms with Crippen molar-refractivity contribution in [1.29, 1.82) is 0 Å². The van der Waals surface area contributed by atoms with Gasteiger partial charge in [-0.2, -0.15) is 5.10 Å². The molecule has 9 heterocycles. The summed E-state index contributed by atoms with van der Waals surface area (Å²) in [5.41, 5.74) is 15.6. The summed E-state index contributed by atoms with van der Waals surface area (Å²) < 4.78 is 24.5. The molecule has 3 aliphatic rings. The van der Waals surface area contributed by atoms with Gasteiger partial charge in [-0.05, 0) is 41.7 Å². The number of carbonyl (C=O) groups excluding carboxylic acids is 2. The van der Waals surface area contributed by atoms with Crippen LogP contribution in [0.25, 0.3) is 33.3 Å². The van der Waals surface area contributed by atoms with E-state index in [1.165, 1.54) is 17.5 Å². The average Bonchev–Trinajstić information content (AvgIpc) is 4.04. The molecule has 0 bridgehead atoms. The third-order valence-corrected chi connectivity index (χ3v) is 13.1. The van der Waals surface area contributed by atoms with Crippen LogP contribution in [0.1, 0.15) is 57.6 Å². The second-order valence-corrected chi connectivity index (χ2v) is 17.8. The Morgan fingerprint density at radius 2 is 1.45 bits per heavy atom. The second kappa shape index (κ2) is 22.8. The van der Waals surface area contributed by atoms with Gasteiger partial charge in [-0.3, -0.25) is 9.59 Å². The van der Waals surface area contributed by atoms with Crippen LogP contribution in [0.2, 0.25) is 0 Å². The highest BCUT2D eigenvalue weighted by Crippen LogP contribution is 2.32. The highest BCUT2D eigenvalue weighted by molar-refractivity contribution is 5.99. The molecule has 0 unspecified atom stereocenters. The number of carbonyl (C=O) groups is 2. The number of nitrogens with two attached hydrogens (primary N) is 1. The molecule has 10 rings (SSSR count). The molecule has 0 radical (unpaired) electrons. The van der Waals surface area contributed by atoms with E-state index in [1.54, 1.807) is 18.6 Å². The fraction of sp³-hybridized carbons (Fsp3) is 0.440. The lowest BCUT2D eigenvalue weighted by Crippen LogP contribution is -2.47. The van der Waals surface area contributed by atoms with E-state index in [4.69, 9.17) is 34.8 Å². The quantitative estimate of drug-likeness (QED) is 0.0650. The van der Waals surface area contributed by atoms with E-state index < -0.39 is 0 Å². The van der Waals surface area contributed by atoms with Crippen LogP contribution in [-0.4, -0.2) is 158 Å². The average molecular weight is 966 g/mol. The molecule has 6 aromatic heterocycles. The first kappa shape index (κ1) is 47.6. The number of ether oxygens (including phenoxy) is 4. The Kier molecular flexibility index (Phi) is 15.3. The lowest BCUT2D eigenvalue weighted by Gasteiger charge is -2.35. The van der Waals surface area contributed by atoms with Gasteiger partial charge in [-0.15, -0.1) is 0 Å². The van der Waals surface area contributed by atoms with Crippen LogP contribution in [0.15, 0.2) is 67.6 Å². The third-order valence-electron chi connectivity index (χ3n) is 13.1. The van der Waals surface area contributed by atoms with Crippen molar-refractivity contribution in [2.45, 2.75) is 51.7 Å². The Labute approximate surface area is 410 Å². The van der Waals surface area contributed by atoms with Crippen LogP contribution in [0, 0.1) is 0 Å². The number of piperazine rings is 1. The molecule has 0 aliphatic carbocycles. The molecule has 71 heavy (non-hydrogen) atoms. The number of nitrogens with zero attached hydrogens (tertiary/aromatic N) is 12. The number of benzene rings is 1. The molecule has 0 atom stereocenters. The summed E-state index contributed by atoms with van der Waals surface area (Å²) >= 11 is 0. The number of nitrogen functional groups attached to an aromatic ring is 1. The van der Waals surface area contributed by atoms with Crippen LogP contribution >= 0.6 is 0 Å². The lowest BCUT2D eigenvalue weighted by molar-refractivity contribution is -0.133. The molecular weight excluding hydrogens is 907 g/mol. The molecular formula is C50H59N15O6. The largest absolute Gasteiger partial charge is 0.383 e.